The molecular formula is C31H38N4O5. The Morgan fingerprint density at radius 3 is 2.73 bits per heavy atom. The molecule has 2 aromatic carbocycles. The van der Waals surface area contributed by atoms with Gasteiger partial charge in [0, 0.05) is 13.1 Å². The number of benzene rings is 2. The fourth-order valence-electron chi connectivity index (χ4n) is 5.64. The lowest BCUT2D eigenvalue weighted by molar-refractivity contribution is -0.177. The van der Waals surface area contributed by atoms with E-state index in [4.69, 9.17) is 9.47 Å². The fraction of sp³-hybridized carbons (Fsp3) is 0.484. The van der Waals surface area contributed by atoms with Crippen LogP contribution in [0.1, 0.15) is 44.6 Å². The predicted octanol–water partition coefficient (Wildman–Crippen LogP) is 3.43. The molecule has 3 aromatic rings. The number of aromatic nitrogens is 2. The summed E-state index contributed by atoms with van der Waals surface area (Å²) in [4.78, 5) is 48.5. The highest BCUT2D eigenvalue weighted by atomic mass is 16.5. The zero-order valence-corrected chi connectivity index (χ0v) is 23.2. The van der Waals surface area contributed by atoms with Crippen LogP contribution >= 0.6 is 0 Å². The van der Waals surface area contributed by atoms with E-state index >= 15 is 0 Å². The SMILES string of the molecule is CCCCN1CCOc2ccccc2CCCCC2(CN(C(=O)Cn3cnc4ccccc4c3=O)CCO2)C1=O. The van der Waals surface area contributed by atoms with Crippen LogP contribution in [0.3, 0.4) is 0 Å². The van der Waals surface area contributed by atoms with E-state index in [1.54, 1.807) is 23.1 Å². The van der Waals surface area contributed by atoms with Crippen LogP contribution in [-0.2, 0) is 27.3 Å². The average molecular weight is 547 g/mol. The lowest BCUT2D eigenvalue weighted by atomic mass is 9.90. The third-order valence-corrected chi connectivity index (χ3v) is 7.90. The van der Waals surface area contributed by atoms with Crippen LogP contribution in [0.5, 0.6) is 5.75 Å². The number of hydrogen-bond acceptors (Lipinski definition) is 6. The predicted molar refractivity (Wildman–Crippen MR) is 152 cm³/mol. The minimum Gasteiger partial charge on any atom is -0.491 e. The maximum atomic E-state index is 14.2. The first-order chi connectivity index (χ1) is 19.5. The van der Waals surface area contributed by atoms with Gasteiger partial charge in [-0.1, -0.05) is 43.7 Å². The van der Waals surface area contributed by atoms with Crippen LogP contribution < -0.4 is 10.3 Å². The zero-order chi connectivity index (χ0) is 28.0. The number of rotatable bonds is 5. The van der Waals surface area contributed by atoms with E-state index in [0.717, 1.165) is 37.9 Å². The summed E-state index contributed by atoms with van der Waals surface area (Å²) in [6, 6.07) is 15.2. The molecule has 2 amide bonds. The Kier molecular flexibility index (Phi) is 8.79. The van der Waals surface area contributed by atoms with Crippen LogP contribution in [0.25, 0.3) is 10.9 Å². The maximum Gasteiger partial charge on any atom is 0.261 e. The van der Waals surface area contributed by atoms with Gasteiger partial charge in [-0.25, -0.2) is 4.98 Å². The Balaban J connectivity index is 1.37. The molecule has 1 unspecified atom stereocenters. The van der Waals surface area contributed by atoms with E-state index in [0.29, 0.717) is 43.6 Å². The standard InChI is InChI=1S/C31H38N4O5/c1-2-3-16-33-17-19-39-27-14-7-4-10-24(27)11-8-9-15-31(30(33)38)22-34(18-20-40-31)28(36)21-35-23-32-26-13-6-5-12-25(26)29(35)37/h4-7,10,12-14,23H,2-3,8-9,11,15-22H2,1H3. The highest BCUT2D eigenvalue weighted by molar-refractivity contribution is 5.87. The van der Waals surface area contributed by atoms with Gasteiger partial charge in [-0.15, -0.1) is 0 Å². The first-order valence-electron chi connectivity index (χ1n) is 14.4. The molecule has 0 bridgehead atoms. The largest absolute Gasteiger partial charge is 0.491 e. The Morgan fingerprint density at radius 1 is 1.02 bits per heavy atom. The van der Waals surface area contributed by atoms with Crippen molar-refractivity contribution in [3.05, 3.63) is 70.8 Å². The molecule has 5 rings (SSSR count). The highest BCUT2D eigenvalue weighted by Crippen LogP contribution is 2.30. The summed E-state index contributed by atoms with van der Waals surface area (Å²) in [5, 5.41) is 0.473. The van der Waals surface area contributed by atoms with Crippen molar-refractivity contribution in [2.24, 2.45) is 0 Å². The van der Waals surface area contributed by atoms with Gasteiger partial charge in [0.2, 0.25) is 5.91 Å². The molecule has 0 aliphatic carbocycles. The number of amides is 2. The molecule has 1 aromatic heterocycles. The number of carbonyl (C=O) groups is 2. The second-order valence-corrected chi connectivity index (χ2v) is 10.7. The summed E-state index contributed by atoms with van der Waals surface area (Å²) in [6.07, 6.45) is 6.28. The third-order valence-electron chi connectivity index (χ3n) is 7.90. The normalized spacial score (nSPS) is 20.5. The van der Waals surface area contributed by atoms with E-state index in [1.807, 2.05) is 29.2 Å². The number of aryl methyl sites for hydroxylation is 1. The molecule has 9 nitrogen and oxygen atoms in total. The molecule has 0 saturated carbocycles. The molecule has 212 valence electrons. The van der Waals surface area contributed by atoms with Gasteiger partial charge in [-0.3, -0.25) is 19.0 Å². The topological polar surface area (TPSA) is 94.0 Å². The first kappa shape index (κ1) is 27.8. The van der Waals surface area contributed by atoms with Crippen molar-refractivity contribution in [3.63, 3.8) is 0 Å². The van der Waals surface area contributed by atoms with Gasteiger partial charge in [0.25, 0.3) is 11.5 Å². The third kappa shape index (κ3) is 6.04. The number of nitrogens with zero attached hydrogens (tertiary/aromatic N) is 4. The van der Waals surface area contributed by atoms with E-state index in [-0.39, 0.29) is 37.1 Å². The van der Waals surface area contributed by atoms with E-state index in [1.165, 1.54) is 16.5 Å². The average Bonchev–Trinajstić information content (AvgIpc) is 2.98. The van der Waals surface area contributed by atoms with E-state index in [9.17, 15) is 14.4 Å². The van der Waals surface area contributed by atoms with Gasteiger partial charge >= 0.3 is 0 Å². The molecule has 1 spiro atoms. The van der Waals surface area contributed by atoms with Crippen molar-refractivity contribution >= 4 is 22.7 Å². The van der Waals surface area contributed by atoms with Gasteiger partial charge in [0.05, 0.1) is 36.9 Å². The van der Waals surface area contributed by atoms with E-state index in [2.05, 4.69) is 18.0 Å². The van der Waals surface area contributed by atoms with E-state index < -0.39 is 5.60 Å². The highest BCUT2D eigenvalue weighted by Gasteiger charge is 2.46. The van der Waals surface area contributed by atoms with Crippen LogP contribution in [0.15, 0.2) is 59.7 Å². The molecule has 9 heteroatoms. The number of carbonyl (C=O) groups excluding carboxylic acids is 2. The number of ether oxygens (including phenoxy) is 2. The molecule has 1 atom stereocenters. The van der Waals surface area contributed by atoms with Gasteiger partial charge < -0.3 is 19.3 Å². The maximum absolute atomic E-state index is 14.2. The summed E-state index contributed by atoms with van der Waals surface area (Å²) < 4.78 is 13.8. The van der Waals surface area contributed by atoms with Gasteiger partial charge in [0.1, 0.15) is 18.9 Å². The summed E-state index contributed by atoms with van der Waals surface area (Å²) in [5.41, 5.74) is 0.390. The van der Waals surface area contributed by atoms with Gasteiger partial charge in [-0.2, -0.15) is 0 Å². The Bertz CT molecular complexity index is 1410. The summed E-state index contributed by atoms with van der Waals surface area (Å²) >= 11 is 0. The summed E-state index contributed by atoms with van der Waals surface area (Å²) in [7, 11) is 0. The minimum atomic E-state index is -1.12. The van der Waals surface area contributed by atoms with Crippen LogP contribution in [0.2, 0.25) is 0 Å². The zero-order valence-electron chi connectivity index (χ0n) is 23.2. The van der Waals surface area contributed by atoms with Gasteiger partial charge in [-0.05, 0) is 55.9 Å². The van der Waals surface area contributed by atoms with Crippen molar-refractivity contribution in [2.75, 3.05) is 39.4 Å². The monoisotopic (exact) mass is 546 g/mol. The van der Waals surface area contributed by atoms with Crippen molar-refractivity contribution in [1.82, 2.24) is 19.4 Å². The Morgan fingerprint density at radius 2 is 1.85 bits per heavy atom. The molecule has 0 N–H and O–H groups in total. The summed E-state index contributed by atoms with van der Waals surface area (Å²) in [6.45, 7) is 4.22. The molecule has 0 radical (unpaired) electrons. The number of para-hydroxylation sites is 2. The van der Waals surface area contributed by atoms with Crippen LogP contribution in [0, 0.1) is 0 Å². The van der Waals surface area contributed by atoms with Crippen molar-refractivity contribution in [2.45, 2.75) is 57.6 Å². The number of hydrogen-bond donors (Lipinski definition) is 0. The molecule has 2 aliphatic heterocycles. The summed E-state index contributed by atoms with van der Waals surface area (Å²) in [5.74, 6) is 0.573. The second-order valence-electron chi connectivity index (χ2n) is 10.7. The van der Waals surface area contributed by atoms with Crippen molar-refractivity contribution in [3.8, 4) is 5.75 Å². The lowest BCUT2D eigenvalue weighted by Gasteiger charge is -2.44. The van der Waals surface area contributed by atoms with Crippen molar-refractivity contribution < 1.29 is 19.1 Å². The second kappa shape index (κ2) is 12.6. The quantitative estimate of drug-likeness (QED) is 0.487. The minimum absolute atomic E-state index is 0.0829. The molecule has 1 saturated heterocycles. The molecular weight excluding hydrogens is 508 g/mol. The van der Waals surface area contributed by atoms with Crippen LogP contribution in [-0.4, -0.2) is 76.2 Å². The van der Waals surface area contributed by atoms with Crippen LogP contribution in [0.4, 0.5) is 0 Å². The molecule has 3 heterocycles. The smallest absolute Gasteiger partial charge is 0.261 e. The van der Waals surface area contributed by atoms with Crippen molar-refractivity contribution in [1.29, 1.82) is 0 Å². The number of fused-ring (bicyclic) bond motifs is 2. The Hall–Kier alpha value is -3.72. The molecule has 2 aliphatic rings. The fourth-order valence-corrected chi connectivity index (χ4v) is 5.64. The molecule has 1 fully saturated rings. The lowest BCUT2D eigenvalue weighted by Crippen LogP contribution is -2.62. The number of unbranched alkanes of at least 4 members (excludes halogenated alkanes) is 1. The van der Waals surface area contributed by atoms with Gasteiger partial charge in [0.15, 0.2) is 5.60 Å². The molecule has 40 heavy (non-hydrogen) atoms. The first-order valence-corrected chi connectivity index (χ1v) is 14.4. The Labute approximate surface area is 234 Å². The number of morpholine rings is 1.